The Morgan fingerprint density at radius 2 is 1.91 bits per heavy atom. The van der Waals surface area contributed by atoms with Crippen LogP contribution in [0.3, 0.4) is 0 Å². The second-order valence-corrected chi connectivity index (χ2v) is 12.2. The number of anilines is 2. The molecule has 0 saturated carbocycles. The molecule has 3 aromatic heterocycles. The highest BCUT2D eigenvalue weighted by molar-refractivity contribution is 5.92. The third-order valence-corrected chi connectivity index (χ3v) is 8.82. The molecular formula is C34H33F2N9O2. The van der Waals surface area contributed by atoms with Crippen LogP contribution in [0.25, 0.3) is 28.0 Å². The fourth-order valence-corrected chi connectivity index (χ4v) is 6.55. The van der Waals surface area contributed by atoms with Crippen molar-refractivity contribution in [2.45, 2.75) is 45.8 Å². The molecule has 1 amide bonds. The molecule has 240 valence electrons. The maximum atomic E-state index is 16.4. The molecule has 13 heteroatoms. The summed E-state index contributed by atoms with van der Waals surface area (Å²) in [6.45, 7) is 11.0. The van der Waals surface area contributed by atoms with Crippen LogP contribution in [0.1, 0.15) is 43.5 Å². The number of hydrogen-bond acceptors (Lipinski definition) is 8. The number of rotatable bonds is 3. The SMILES string of the molecule is C=CC(=O)N1CCN(c2nc(=O)n3c4nc(c(F)cc24)-c2c(F)cccc2Cn2cc(nn2)CNc2cccc(C(C)C)c2-3)[C@@H](C)C1. The molecule has 2 aromatic carbocycles. The van der Waals surface area contributed by atoms with E-state index in [0.29, 0.717) is 48.8 Å². The lowest BCUT2D eigenvalue weighted by molar-refractivity contribution is -0.126. The summed E-state index contributed by atoms with van der Waals surface area (Å²) in [4.78, 5) is 39.6. The first kappa shape index (κ1) is 30.2. The number of halogens is 2. The molecule has 5 aromatic rings. The van der Waals surface area contributed by atoms with Crippen molar-refractivity contribution in [2.24, 2.45) is 0 Å². The van der Waals surface area contributed by atoms with Gasteiger partial charge in [0.2, 0.25) is 5.91 Å². The van der Waals surface area contributed by atoms with Gasteiger partial charge in [0.05, 0.1) is 36.0 Å². The van der Waals surface area contributed by atoms with E-state index < -0.39 is 17.3 Å². The Labute approximate surface area is 269 Å². The Balaban J connectivity index is 1.55. The highest BCUT2D eigenvalue weighted by atomic mass is 19.1. The number of fused-ring (bicyclic) bond motifs is 7. The highest BCUT2D eigenvalue weighted by Crippen LogP contribution is 2.37. The monoisotopic (exact) mass is 637 g/mol. The van der Waals surface area contributed by atoms with Gasteiger partial charge < -0.3 is 15.1 Å². The van der Waals surface area contributed by atoms with E-state index in [-0.39, 0.29) is 52.5 Å². The maximum absolute atomic E-state index is 16.4. The van der Waals surface area contributed by atoms with Gasteiger partial charge in [-0.2, -0.15) is 4.98 Å². The first-order chi connectivity index (χ1) is 22.6. The number of aromatic nitrogens is 6. The molecule has 2 aliphatic rings. The number of para-hydroxylation sites is 1. The van der Waals surface area contributed by atoms with Gasteiger partial charge in [-0.3, -0.25) is 4.79 Å². The molecule has 0 radical (unpaired) electrons. The molecule has 0 spiro atoms. The predicted molar refractivity (Wildman–Crippen MR) is 175 cm³/mol. The molecule has 7 rings (SSSR count). The number of hydrogen-bond donors (Lipinski definition) is 1. The standard InChI is InChI=1S/C34H33F2N9O2/c1-5-28(46)42-12-13-44(20(4)16-42)32-24-14-26(36)30-29-21(8-6-10-25(29)35)17-43-18-22(40-41-43)15-37-27-11-7-9-23(19(2)3)31(27)45(33(24)38-30)34(47)39-32/h5-11,14,18-20,37H,1,12-13,15-17H2,2-4H3/t20-/m0/s1. The van der Waals surface area contributed by atoms with Crippen molar-refractivity contribution in [3.05, 3.63) is 100 Å². The first-order valence-corrected chi connectivity index (χ1v) is 15.5. The van der Waals surface area contributed by atoms with Gasteiger partial charge in [0, 0.05) is 31.2 Å². The zero-order chi connectivity index (χ0) is 33.0. The van der Waals surface area contributed by atoms with Crippen molar-refractivity contribution in [3.8, 4) is 16.9 Å². The Morgan fingerprint density at radius 3 is 2.68 bits per heavy atom. The fraction of sp³-hybridized carbons (Fsp3) is 0.294. The van der Waals surface area contributed by atoms with Gasteiger partial charge >= 0.3 is 5.69 Å². The lowest BCUT2D eigenvalue weighted by atomic mass is 9.99. The normalized spacial score (nSPS) is 16.1. The molecule has 1 atom stereocenters. The molecule has 0 unspecified atom stereocenters. The molecule has 1 N–H and O–H groups in total. The number of carbonyl (C=O) groups is 1. The summed E-state index contributed by atoms with van der Waals surface area (Å²) in [5.41, 5.74) is 2.26. The molecular weight excluding hydrogens is 604 g/mol. The van der Waals surface area contributed by atoms with Crippen LogP contribution in [-0.4, -0.2) is 66.0 Å². The average Bonchev–Trinajstić information content (AvgIpc) is 3.50. The minimum atomic E-state index is -0.771. The van der Waals surface area contributed by atoms with Gasteiger partial charge in [0.25, 0.3) is 0 Å². The number of amides is 1. The van der Waals surface area contributed by atoms with Gasteiger partial charge in [-0.15, -0.1) is 5.10 Å². The van der Waals surface area contributed by atoms with E-state index in [9.17, 15) is 9.59 Å². The van der Waals surface area contributed by atoms with Gasteiger partial charge in [0.1, 0.15) is 28.8 Å². The van der Waals surface area contributed by atoms with Crippen LogP contribution in [-0.2, 0) is 17.9 Å². The summed E-state index contributed by atoms with van der Waals surface area (Å²) in [5, 5.41) is 12.2. The number of nitrogens with one attached hydrogen (secondary N) is 1. The third kappa shape index (κ3) is 5.21. The molecule has 0 aliphatic carbocycles. The summed E-state index contributed by atoms with van der Waals surface area (Å²) in [5.74, 6) is -1.41. The van der Waals surface area contributed by atoms with E-state index in [1.807, 2.05) is 43.9 Å². The van der Waals surface area contributed by atoms with Crippen molar-refractivity contribution in [3.63, 3.8) is 0 Å². The van der Waals surface area contributed by atoms with Crippen molar-refractivity contribution in [1.29, 1.82) is 0 Å². The van der Waals surface area contributed by atoms with Crippen LogP contribution in [0.2, 0.25) is 0 Å². The zero-order valence-corrected chi connectivity index (χ0v) is 26.2. The molecule has 5 heterocycles. The fourth-order valence-electron chi connectivity index (χ4n) is 6.55. The van der Waals surface area contributed by atoms with Crippen LogP contribution >= 0.6 is 0 Å². The van der Waals surface area contributed by atoms with Crippen LogP contribution in [0.4, 0.5) is 20.3 Å². The highest BCUT2D eigenvalue weighted by Gasteiger charge is 2.31. The Morgan fingerprint density at radius 1 is 1.11 bits per heavy atom. The lowest BCUT2D eigenvalue weighted by Gasteiger charge is -2.40. The molecule has 11 nitrogen and oxygen atoms in total. The Kier molecular flexibility index (Phi) is 7.53. The number of carbonyl (C=O) groups excluding carboxylic acids is 1. The van der Waals surface area contributed by atoms with E-state index in [1.165, 1.54) is 22.8 Å². The van der Waals surface area contributed by atoms with E-state index in [2.05, 4.69) is 27.2 Å². The topological polar surface area (TPSA) is 114 Å². The predicted octanol–water partition coefficient (Wildman–Crippen LogP) is 4.64. The smallest absolute Gasteiger partial charge is 0.355 e. The van der Waals surface area contributed by atoms with Gasteiger partial charge in [0.15, 0.2) is 5.65 Å². The van der Waals surface area contributed by atoms with Gasteiger partial charge in [-0.1, -0.05) is 49.9 Å². The molecule has 1 fully saturated rings. The van der Waals surface area contributed by atoms with E-state index in [1.54, 1.807) is 27.9 Å². The van der Waals surface area contributed by atoms with Crippen molar-refractivity contribution in [2.75, 3.05) is 29.9 Å². The van der Waals surface area contributed by atoms with Crippen LogP contribution in [0, 0.1) is 11.6 Å². The third-order valence-electron chi connectivity index (χ3n) is 8.82. The molecule has 4 bridgehead atoms. The number of piperazine rings is 1. The largest absolute Gasteiger partial charge is 0.378 e. The molecule has 1 saturated heterocycles. The maximum Gasteiger partial charge on any atom is 0.355 e. The summed E-state index contributed by atoms with van der Waals surface area (Å²) in [6, 6.07) is 11.2. The van der Waals surface area contributed by atoms with E-state index in [4.69, 9.17) is 4.98 Å². The van der Waals surface area contributed by atoms with Crippen molar-refractivity contribution in [1.82, 2.24) is 34.4 Å². The Hall–Kier alpha value is -5.46. The molecule has 47 heavy (non-hydrogen) atoms. The first-order valence-electron chi connectivity index (χ1n) is 15.5. The summed E-state index contributed by atoms with van der Waals surface area (Å²) in [7, 11) is 0. The van der Waals surface area contributed by atoms with Gasteiger partial charge in [-0.05, 0) is 48.2 Å². The van der Waals surface area contributed by atoms with Gasteiger partial charge in [-0.25, -0.2) is 27.8 Å². The summed E-state index contributed by atoms with van der Waals surface area (Å²) < 4.78 is 35.1. The Bertz CT molecular complexity index is 2120. The van der Waals surface area contributed by atoms with Crippen molar-refractivity contribution < 1.29 is 13.6 Å². The number of pyridine rings is 1. The van der Waals surface area contributed by atoms with Crippen LogP contribution < -0.4 is 15.9 Å². The minimum absolute atomic E-state index is 0.0262. The number of benzene rings is 2. The van der Waals surface area contributed by atoms with E-state index in [0.717, 1.165) is 5.56 Å². The van der Waals surface area contributed by atoms with Crippen LogP contribution in [0.5, 0.6) is 0 Å². The van der Waals surface area contributed by atoms with Crippen LogP contribution in [0.15, 0.2) is 66.1 Å². The van der Waals surface area contributed by atoms with Crippen molar-refractivity contribution >= 4 is 28.4 Å². The number of nitrogens with zero attached hydrogens (tertiary/aromatic N) is 8. The minimum Gasteiger partial charge on any atom is -0.378 e. The average molecular weight is 638 g/mol. The zero-order valence-electron chi connectivity index (χ0n) is 26.2. The summed E-state index contributed by atoms with van der Waals surface area (Å²) in [6.07, 6.45) is 3.01. The molecule has 2 aliphatic heterocycles. The summed E-state index contributed by atoms with van der Waals surface area (Å²) >= 11 is 0. The second kappa shape index (κ2) is 11.7. The second-order valence-electron chi connectivity index (χ2n) is 12.2. The quantitative estimate of drug-likeness (QED) is 0.285. The van der Waals surface area contributed by atoms with E-state index >= 15 is 8.78 Å². The lowest BCUT2D eigenvalue weighted by Crippen LogP contribution is -2.54.